The first kappa shape index (κ1) is 15.1. The average Bonchev–Trinajstić information content (AvgIpc) is 3.17. The molecule has 2 aromatic heterocycles. The van der Waals surface area contributed by atoms with E-state index in [2.05, 4.69) is 41.9 Å². The third-order valence-corrected chi connectivity index (χ3v) is 5.42. The number of hydrogen-bond acceptors (Lipinski definition) is 4. The van der Waals surface area contributed by atoms with Crippen LogP contribution in [0.4, 0.5) is 0 Å². The Hall–Kier alpha value is -1.76. The number of hydrogen-bond donors (Lipinski definition) is 2. The van der Waals surface area contributed by atoms with Gasteiger partial charge in [-0.1, -0.05) is 6.07 Å². The lowest BCUT2D eigenvalue weighted by atomic mass is 10.2. The van der Waals surface area contributed by atoms with E-state index in [1.807, 2.05) is 18.2 Å². The maximum Gasteiger partial charge on any atom is 0.251 e. The van der Waals surface area contributed by atoms with Gasteiger partial charge in [-0.2, -0.15) is 0 Å². The summed E-state index contributed by atoms with van der Waals surface area (Å²) in [6.45, 7) is 0.627. The third kappa shape index (κ3) is 3.19. The topological polar surface area (TPSA) is 46.4 Å². The molecule has 114 valence electrons. The van der Waals surface area contributed by atoms with Gasteiger partial charge in [0.15, 0.2) is 0 Å². The molecule has 0 saturated heterocycles. The number of thiazole rings is 1. The van der Waals surface area contributed by atoms with Crippen LogP contribution in [0.3, 0.4) is 0 Å². The molecule has 0 aliphatic rings. The van der Waals surface area contributed by atoms with Crippen LogP contribution >= 0.6 is 22.7 Å². The number of likely N-dealkylation sites (N-methyl/N-ethyl adjacent to an activating group) is 1. The Kier molecular flexibility index (Phi) is 4.52. The molecule has 22 heavy (non-hydrogen) atoms. The number of carbonyl (C=O) groups is 1. The molecule has 1 atom stereocenters. The number of nitrogens with zero attached hydrogens (tertiary/aromatic N) is 1. The first-order valence-corrected chi connectivity index (χ1v) is 8.86. The molecule has 0 aliphatic carbocycles. The highest BCUT2D eigenvalue weighted by Gasteiger charge is 2.20. The second kappa shape index (κ2) is 6.56. The SMILES string of the molecule is C[NH+](C)[C@H](CNC(=O)c1ccc2ncsc2c1)c1cccs1. The molecule has 0 aliphatic heterocycles. The molecule has 0 spiro atoms. The number of thiophene rings is 1. The molecule has 0 fully saturated rings. The zero-order valence-corrected chi connectivity index (χ0v) is 14.1. The molecular weight excluding hydrogens is 314 g/mol. The number of nitrogens with one attached hydrogen (secondary N) is 2. The molecule has 1 aromatic carbocycles. The Balaban J connectivity index is 1.70. The van der Waals surface area contributed by atoms with Crippen molar-refractivity contribution in [1.82, 2.24) is 10.3 Å². The van der Waals surface area contributed by atoms with Crippen LogP contribution in [0.1, 0.15) is 21.3 Å². The summed E-state index contributed by atoms with van der Waals surface area (Å²) >= 11 is 3.28. The van der Waals surface area contributed by atoms with Crippen molar-refractivity contribution in [2.45, 2.75) is 6.04 Å². The van der Waals surface area contributed by atoms with Crippen molar-refractivity contribution in [3.63, 3.8) is 0 Å². The van der Waals surface area contributed by atoms with Gasteiger partial charge in [0.1, 0.15) is 6.04 Å². The maximum atomic E-state index is 12.4. The lowest BCUT2D eigenvalue weighted by Crippen LogP contribution is -3.06. The molecular formula is C16H18N3OS2+. The summed E-state index contributed by atoms with van der Waals surface area (Å²) in [5.41, 5.74) is 3.43. The van der Waals surface area contributed by atoms with E-state index >= 15 is 0 Å². The van der Waals surface area contributed by atoms with Gasteiger partial charge in [-0.3, -0.25) is 4.79 Å². The monoisotopic (exact) mass is 332 g/mol. The molecule has 6 heteroatoms. The molecule has 1 amide bonds. The number of carbonyl (C=O) groups excluding carboxylic acids is 1. The van der Waals surface area contributed by atoms with Crippen LogP contribution in [0.2, 0.25) is 0 Å². The van der Waals surface area contributed by atoms with Gasteiger partial charge in [0.25, 0.3) is 5.91 Å². The fraction of sp³-hybridized carbons (Fsp3) is 0.250. The maximum absolute atomic E-state index is 12.4. The van der Waals surface area contributed by atoms with Gasteiger partial charge in [0, 0.05) is 5.56 Å². The van der Waals surface area contributed by atoms with E-state index in [0.717, 1.165) is 10.2 Å². The van der Waals surface area contributed by atoms with Gasteiger partial charge in [0.2, 0.25) is 0 Å². The Morgan fingerprint density at radius 3 is 2.91 bits per heavy atom. The Labute approximate surface area is 137 Å². The van der Waals surface area contributed by atoms with Crippen molar-refractivity contribution < 1.29 is 9.69 Å². The summed E-state index contributed by atoms with van der Waals surface area (Å²) < 4.78 is 1.04. The number of fused-ring (bicyclic) bond motifs is 1. The van der Waals surface area contributed by atoms with Crippen molar-refractivity contribution in [1.29, 1.82) is 0 Å². The molecule has 0 bridgehead atoms. The number of rotatable bonds is 5. The van der Waals surface area contributed by atoms with Crippen LogP contribution in [-0.2, 0) is 0 Å². The lowest BCUT2D eigenvalue weighted by Gasteiger charge is -2.20. The van der Waals surface area contributed by atoms with Gasteiger partial charge in [0.05, 0.1) is 41.2 Å². The van der Waals surface area contributed by atoms with Gasteiger partial charge >= 0.3 is 0 Å². The summed E-state index contributed by atoms with van der Waals surface area (Å²) in [5, 5.41) is 5.13. The van der Waals surface area contributed by atoms with Crippen LogP contribution in [0.25, 0.3) is 10.2 Å². The normalized spacial score (nSPS) is 12.7. The van der Waals surface area contributed by atoms with Crippen LogP contribution in [0.5, 0.6) is 0 Å². The summed E-state index contributed by atoms with van der Waals surface area (Å²) in [7, 11) is 4.22. The molecule has 2 heterocycles. The van der Waals surface area contributed by atoms with Crippen molar-refractivity contribution in [2.24, 2.45) is 0 Å². The zero-order valence-electron chi connectivity index (χ0n) is 12.5. The summed E-state index contributed by atoms with van der Waals surface area (Å²) in [6, 6.07) is 10.1. The fourth-order valence-electron chi connectivity index (χ4n) is 2.37. The summed E-state index contributed by atoms with van der Waals surface area (Å²) in [5.74, 6) is -0.0295. The van der Waals surface area contributed by atoms with Crippen molar-refractivity contribution in [2.75, 3.05) is 20.6 Å². The quantitative estimate of drug-likeness (QED) is 0.750. The Morgan fingerprint density at radius 1 is 1.32 bits per heavy atom. The van der Waals surface area contributed by atoms with E-state index in [9.17, 15) is 4.79 Å². The van der Waals surface area contributed by atoms with Crippen molar-refractivity contribution in [3.05, 3.63) is 51.7 Å². The minimum absolute atomic E-state index is 0.0295. The number of benzene rings is 1. The molecule has 0 radical (unpaired) electrons. The molecule has 0 unspecified atom stereocenters. The molecule has 3 rings (SSSR count). The van der Waals surface area contributed by atoms with Crippen LogP contribution in [0, 0.1) is 0 Å². The van der Waals surface area contributed by atoms with E-state index in [0.29, 0.717) is 12.1 Å². The van der Waals surface area contributed by atoms with Crippen molar-refractivity contribution in [3.8, 4) is 0 Å². The fourth-order valence-corrected chi connectivity index (χ4v) is 4.04. The second-order valence-corrected chi connectivity index (χ2v) is 7.26. The van der Waals surface area contributed by atoms with Crippen LogP contribution < -0.4 is 10.2 Å². The van der Waals surface area contributed by atoms with E-state index in [-0.39, 0.29) is 11.9 Å². The Morgan fingerprint density at radius 2 is 2.18 bits per heavy atom. The van der Waals surface area contributed by atoms with Crippen LogP contribution in [-0.4, -0.2) is 31.5 Å². The van der Waals surface area contributed by atoms with Gasteiger partial charge in [-0.15, -0.1) is 22.7 Å². The molecule has 3 aromatic rings. The largest absolute Gasteiger partial charge is 0.346 e. The second-order valence-electron chi connectivity index (χ2n) is 5.39. The summed E-state index contributed by atoms with van der Waals surface area (Å²) in [4.78, 5) is 19.2. The van der Waals surface area contributed by atoms with E-state index in [4.69, 9.17) is 0 Å². The first-order valence-electron chi connectivity index (χ1n) is 7.10. The Bertz CT molecular complexity index is 765. The molecule has 4 nitrogen and oxygen atoms in total. The predicted octanol–water partition coefficient (Wildman–Crippen LogP) is 1.97. The first-order chi connectivity index (χ1) is 10.6. The number of aromatic nitrogens is 1. The number of quaternary nitrogens is 1. The highest BCUT2D eigenvalue weighted by Crippen LogP contribution is 2.19. The minimum atomic E-state index is -0.0295. The molecule has 2 N–H and O–H groups in total. The average molecular weight is 332 g/mol. The van der Waals surface area contributed by atoms with Gasteiger partial charge < -0.3 is 10.2 Å². The zero-order chi connectivity index (χ0) is 15.5. The molecule has 0 saturated carbocycles. The third-order valence-electron chi connectivity index (χ3n) is 3.64. The summed E-state index contributed by atoms with van der Waals surface area (Å²) in [6.07, 6.45) is 0. The van der Waals surface area contributed by atoms with Gasteiger partial charge in [-0.25, -0.2) is 4.98 Å². The van der Waals surface area contributed by atoms with Gasteiger partial charge in [-0.05, 0) is 29.6 Å². The van der Waals surface area contributed by atoms with E-state index in [1.165, 1.54) is 9.78 Å². The van der Waals surface area contributed by atoms with Crippen molar-refractivity contribution >= 4 is 38.8 Å². The van der Waals surface area contributed by atoms with E-state index in [1.54, 1.807) is 28.2 Å². The smallest absolute Gasteiger partial charge is 0.251 e. The highest BCUT2D eigenvalue weighted by atomic mass is 32.1. The number of amides is 1. The predicted molar refractivity (Wildman–Crippen MR) is 91.8 cm³/mol. The minimum Gasteiger partial charge on any atom is -0.346 e. The standard InChI is InChI=1S/C16H17N3OS2/c1-19(2)13(14-4-3-7-21-14)9-17-16(20)11-5-6-12-15(8-11)22-10-18-12/h3-8,10,13H,9H2,1-2H3,(H,17,20)/p+1/t13-/m1/s1. The van der Waals surface area contributed by atoms with Crippen LogP contribution in [0.15, 0.2) is 41.2 Å². The lowest BCUT2D eigenvalue weighted by molar-refractivity contribution is -0.890. The highest BCUT2D eigenvalue weighted by molar-refractivity contribution is 7.16. The van der Waals surface area contributed by atoms with E-state index < -0.39 is 0 Å².